The van der Waals surface area contributed by atoms with Gasteiger partial charge < -0.3 is 14.4 Å². The van der Waals surface area contributed by atoms with Gasteiger partial charge >= 0.3 is 0 Å². The van der Waals surface area contributed by atoms with Crippen LogP contribution in [0.25, 0.3) is 5.57 Å². The number of carbonyl (C=O) groups is 2. The Bertz CT molecular complexity index is 1460. The van der Waals surface area contributed by atoms with Gasteiger partial charge in [0.1, 0.15) is 4.32 Å². The van der Waals surface area contributed by atoms with Gasteiger partial charge in [0.05, 0.1) is 36.9 Å². The van der Waals surface area contributed by atoms with Crippen molar-refractivity contribution in [3.63, 3.8) is 0 Å². The molecule has 3 aromatic rings. The Morgan fingerprint density at radius 3 is 2.38 bits per heavy atom. The number of nitrogens with zero attached hydrogens (tertiary/aromatic N) is 2. The lowest BCUT2D eigenvalue weighted by atomic mass is 10.1. The molecule has 0 atom stereocenters. The molecule has 2 heterocycles. The van der Waals surface area contributed by atoms with Gasteiger partial charge in [0, 0.05) is 17.1 Å². The predicted molar refractivity (Wildman–Crippen MR) is 151 cm³/mol. The van der Waals surface area contributed by atoms with Crippen LogP contribution in [0, 0.1) is 0 Å². The SMILES string of the molecule is COc1ccc(CCN2C(=O)/C(=C3/C(=O)N(Cc4ccccc4Cl)c4ccccc43)SC2=S)cc1OC. The first-order chi connectivity index (χ1) is 17.9. The number of para-hydroxylation sites is 1. The zero-order chi connectivity index (χ0) is 26.1. The van der Waals surface area contributed by atoms with E-state index in [1.54, 1.807) is 30.1 Å². The highest BCUT2D eigenvalue weighted by Gasteiger charge is 2.41. The second-order valence-corrected chi connectivity index (χ2v) is 10.5. The normalized spacial score (nSPS) is 17.0. The van der Waals surface area contributed by atoms with Crippen LogP contribution in [-0.2, 0) is 22.6 Å². The van der Waals surface area contributed by atoms with Crippen molar-refractivity contribution < 1.29 is 19.1 Å². The van der Waals surface area contributed by atoms with E-state index in [0.29, 0.717) is 50.8 Å². The van der Waals surface area contributed by atoms with Crippen LogP contribution in [0.15, 0.2) is 71.6 Å². The highest BCUT2D eigenvalue weighted by Crippen LogP contribution is 2.45. The highest BCUT2D eigenvalue weighted by atomic mass is 35.5. The molecule has 2 aliphatic rings. The quantitative estimate of drug-likeness (QED) is 0.277. The van der Waals surface area contributed by atoms with Gasteiger partial charge in [-0.2, -0.15) is 0 Å². The maximum atomic E-state index is 13.7. The molecule has 5 rings (SSSR count). The van der Waals surface area contributed by atoms with Crippen molar-refractivity contribution in [2.75, 3.05) is 25.7 Å². The van der Waals surface area contributed by atoms with Gasteiger partial charge in [-0.05, 0) is 41.8 Å². The van der Waals surface area contributed by atoms with Crippen molar-refractivity contribution in [2.45, 2.75) is 13.0 Å². The zero-order valence-corrected chi connectivity index (χ0v) is 22.6. The smallest absolute Gasteiger partial charge is 0.267 e. The van der Waals surface area contributed by atoms with Crippen molar-refractivity contribution >= 4 is 63.0 Å². The Labute approximate surface area is 229 Å². The molecule has 6 nitrogen and oxygen atoms in total. The summed E-state index contributed by atoms with van der Waals surface area (Å²) >= 11 is 13.1. The van der Waals surface area contributed by atoms with E-state index >= 15 is 0 Å². The maximum absolute atomic E-state index is 13.7. The third kappa shape index (κ3) is 4.72. The molecular formula is C28H23ClN2O4S2. The lowest BCUT2D eigenvalue weighted by Gasteiger charge is -2.18. The van der Waals surface area contributed by atoms with E-state index in [1.807, 2.05) is 60.7 Å². The second-order valence-electron chi connectivity index (χ2n) is 8.47. The number of halogens is 1. The molecule has 0 unspecified atom stereocenters. The van der Waals surface area contributed by atoms with Crippen LogP contribution in [0.1, 0.15) is 16.7 Å². The molecule has 0 spiro atoms. The topological polar surface area (TPSA) is 59.1 Å². The van der Waals surface area contributed by atoms with Gasteiger partial charge in [-0.1, -0.05) is 78.0 Å². The Hall–Kier alpha value is -3.33. The Morgan fingerprint density at radius 2 is 1.62 bits per heavy atom. The number of hydrogen-bond donors (Lipinski definition) is 0. The lowest BCUT2D eigenvalue weighted by molar-refractivity contribution is -0.122. The summed E-state index contributed by atoms with van der Waals surface area (Å²) in [6.45, 7) is 0.689. The zero-order valence-electron chi connectivity index (χ0n) is 20.2. The largest absolute Gasteiger partial charge is 0.493 e. The first-order valence-corrected chi connectivity index (χ1v) is 13.2. The van der Waals surface area contributed by atoms with E-state index in [9.17, 15) is 9.59 Å². The number of amides is 2. The summed E-state index contributed by atoms with van der Waals surface area (Å²) < 4.78 is 11.1. The molecule has 188 valence electrons. The number of carbonyl (C=O) groups excluding carboxylic acids is 2. The van der Waals surface area contributed by atoms with E-state index in [1.165, 1.54) is 11.8 Å². The predicted octanol–water partition coefficient (Wildman–Crippen LogP) is 5.72. The molecule has 0 saturated carbocycles. The lowest BCUT2D eigenvalue weighted by Crippen LogP contribution is -2.31. The van der Waals surface area contributed by atoms with Gasteiger partial charge in [-0.15, -0.1) is 0 Å². The molecule has 0 aromatic heterocycles. The standard InChI is InChI=1S/C28H23ClN2O4S2/c1-34-22-12-11-17(15-23(22)35-2)13-14-30-27(33)25(37-28(30)36)24-19-8-4-6-10-21(19)31(26(24)32)16-18-7-3-5-9-20(18)29/h3-12,15H,13-14,16H2,1-2H3/b25-24-. The van der Waals surface area contributed by atoms with Gasteiger partial charge in [0.2, 0.25) is 0 Å². The van der Waals surface area contributed by atoms with E-state index in [4.69, 9.17) is 33.3 Å². The fraction of sp³-hybridized carbons (Fsp3) is 0.179. The summed E-state index contributed by atoms with van der Waals surface area (Å²) in [5.74, 6) is 0.773. The molecule has 0 N–H and O–H groups in total. The molecule has 0 bridgehead atoms. The van der Waals surface area contributed by atoms with E-state index in [2.05, 4.69) is 0 Å². The summed E-state index contributed by atoms with van der Waals surface area (Å²) in [7, 11) is 3.17. The molecular weight excluding hydrogens is 528 g/mol. The van der Waals surface area contributed by atoms with Crippen LogP contribution < -0.4 is 14.4 Å². The number of hydrogen-bond acceptors (Lipinski definition) is 6. The molecule has 2 amide bonds. The maximum Gasteiger partial charge on any atom is 0.267 e. The van der Waals surface area contributed by atoms with Crippen LogP contribution in [0.4, 0.5) is 5.69 Å². The van der Waals surface area contributed by atoms with Crippen molar-refractivity contribution in [3.05, 3.63) is 93.3 Å². The van der Waals surface area contributed by atoms with Crippen LogP contribution >= 0.6 is 35.6 Å². The Balaban J connectivity index is 1.42. The molecule has 0 radical (unpaired) electrons. The molecule has 3 aromatic carbocycles. The first kappa shape index (κ1) is 25.3. The van der Waals surface area contributed by atoms with E-state index in [0.717, 1.165) is 22.4 Å². The number of thiocarbonyl (C=S) groups is 1. The van der Waals surface area contributed by atoms with Crippen molar-refractivity contribution in [3.8, 4) is 11.5 Å². The van der Waals surface area contributed by atoms with Gasteiger partial charge in [0.25, 0.3) is 11.8 Å². The number of thioether (sulfide) groups is 1. The summed E-state index contributed by atoms with van der Waals surface area (Å²) in [5.41, 5.74) is 3.66. The summed E-state index contributed by atoms with van der Waals surface area (Å²) in [5, 5.41) is 0.586. The summed E-state index contributed by atoms with van der Waals surface area (Å²) in [6.07, 6.45) is 0.568. The summed E-state index contributed by atoms with van der Waals surface area (Å²) in [6, 6.07) is 20.6. The minimum atomic E-state index is -0.256. The number of rotatable bonds is 7. The van der Waals surface area contributed by atoms with Gasteiger partial charge in [-0.3, -0.25) is 14.5 Å². The minimum absolute atomic E-state index is 0.235. The number of methoxy groups -OCH3 is 2. The summed E-state index contributed by atoms with van der Waals surface area (Å²) in [4.78, 5) is 30.8. The Morgan fingerprint density at radius 1 is 0.892 bits per heavy atom. The van der Waals surface area contributed by atoms with Gasteiger partial charge in [-0.25, -0.2) is 0 Å². The third-order valence-electron chi connectivity index (χ3n) is 6.36. The number of ether oxygens (including phenoxy) is 2. The Kier molecular flexibility index (Phi) is 7.24. The fourth-order valence-electron chi connectivity index (χ4n) is 4.47. The minimum Gasteiger partial charge on any atom is -0.493 e. The molecule has 1 fully saturated rings. The van der Waals surface area contributed by atoms with Crippen LogP contribution in [-0.4, -0.2) is 41.8 Å². The second kappa shape index (κ2) is 10.6. The molecule has 2 aliphatic heterocycles. The first-order valence-electron chi connectivity index (χ1n) is 11.6. The average Bonchev–Trinajstić information content (AvgIpc) is 3.35. The monoisotopic (exact) mass is 550 g/mol. The highest BCUT2D eigenvalue weighted by molar-refractivity contribution is 8.26. The van der Waals surface area contributed by atoms with E-state index in [-0.39, 0.29) is 11.8 Å². The number of benzene rings is 3. The van der Waals surface area contributed by atoms with Crippen molar-refractivity contribution in [1.29, 1.82) is 0 Å². The number of anilines is 1. The molecule has 37 heavy (non-hydrogen) atoms. The van der Waals surface area contributed by atoms with Gasteiger partial charge in [0.15, 0.2) is 11.5 Å². The van der Waals surface area contributed by atoms with E-state index < -0.39 is 0 Å². The number of fused-ring (bicyclic) bond motifs is 1. The average molecular weight is 551 g/mol. The molecule has 9 heteroatoms. The third-order valence-corrected chi connectivity index (χ3v) is 8.17. The molecule has 0 aliphatic carbocycles. The fourth-order valence-corrected chi connectivity index (χ4v) is 6.05. The van der Waals surface area contributed by atoms with Crippen molar-refractivity contribution in [1.82, 2.24) is 4.90 Å². The van der Waals surface area contributed by atoms with Crippen molar-refractivity contribution in [2.24, 2.45) is 0 Å². The molecule has 1 saturated heterocycles. The van der Waals surface area contributed by atoms with Crippen LogP contribution in [0.3, 0.4) is 0 Å². The van der Waals surface area contributed by atoms with Crippen LogP contribution in [0.2, 0.25) is 5.02 Å². The van der Waals surface area contributed by atoms with Crippen LogP contribution in [0.5, 0.6) is 11.5 Å².